The van der Waals surface area contributed by atoms with E-state index in [9.17, 15) is 9.59 Å². The van der Waals surface area contributed by atoms with Gasteiger partial charge in [0.2, 0.25) is 0 Å². The fraction of sp³-hybridized carbons (Fsp3) is 0.333. The number of furan rings is 1. The third-order valence-corrected chi connectivity index (χ3v) is 4.70. The van der Waals surface area contributed by atoms with E-state index in [1.165, 1.54) is 6.42 Å². The Morgan fingerprint density at radius 3 is 2.88 bits per heavy atom. The summed E-state index contributed by atoms with van der Waals surface area (Å²) in [5.74, 6) is 4.34. The molecule has 4 N–H and O–H groups in total. The zero-order valence-electron chi connectivity index (χ0n) is 13.0. The van der Waals surface area contributed by atoms with Gasteiger partial charge in [0.25, 0.3) is 11.8 Å². The van der Waals surface area contributed by atoms with Gasteiger partial charge in [-0.3, -0.25) is 9.59 Å². The van der Waals surface area contributed by atoms with Crippen LogP contribution < -0.4 is 16.4 Å². The third-order valence-electron chi connectivity index (χ3n) is 4.70. The molecule has 2 aromatic rings. The molecule has 2 fully saturated rings. The highest BCUT2D eigenvalue weighted by atomic mass is 16.3. The number of hydrogen-bond donors (Lipinski definition) is 3. The third kappa shape index (κ3) is 2.74. The van der Waals surface area contributed by atoms with Crippen molar-refractivity contribution in [3.63, 3.8) is 0 Å². The lowest BCUT2D eigenvalue weighted by Gasteiger charge is -2.21. The Morgan fingerprint density at radius 2 is 2.17 bits per heavy atom. The summed E-state index contributed by atoms with van der Waals surface area (Å²) in [6.07, 6.45) is 3.32. The minimum atomic E-state index is -0.713. The molecule has 2 bridgehead atoms. The summed E-state index contributed by atoms with van der Waals surface area (Å²) in [6, 6.07) is 8.07. The Morgan fingerprint density at radius 1 is 1.29 bits per heavy atom. The van der Waals surface area contributed by atoms with Crippen LogP contribution in [0.25, 0.3) is 11.0 Å². The van der Waals surface area contributed by atoms with Crippen LogP contribution in [0.2, 0.25) is 0 Å². The van der Waals surface area contributed by atoms with Crippen LogP contribution in [0.5, 0.6) is 0 Å². The van der Waals surface area contributed by atoms with E-state index in [1.807, 2.05) is 0 Å². The quantitative estimate of drug-likeness (QED) is 0.715. The van der Waals surface area contributed by atoms with Crippen molar-refractivity contribution in [1.82, 2.24) is 10.6 Å². The fourth-order valence-corrected chi connectivity index (χ4v) is 3.60. The van der Waals surface area contributed by atoms with Gasteiger partial charge in [-0.2, -0.15) is 0 Å². The van der Waals surface area contributed by atoms with E-state index in [1.54, 1.807) is 24.3 Å². The fourth-order valence-electron chi connectivity index (χ4n) is 3.60. The zero-order chi connectivity index (χ0) is 16.7. The molecule has 1 aromatic heterocycles. The molecule has 122 valence electrons. The van der Waals surface area contributed by atoms with Crippen LogP contribution in [-0.4, -0.2) is 29.9 Å². The molecule has 0 spiro atoms. The molecular formula is C18H17N3O3. The summed E-state index contributed by atoms with van der Waals surface area (Å²) >= 11 is 0. The number of nitrogens with two attached hydrogens (primary N) is 1. The Labute approximate surface area is 138 Å². The first kappa shape index (κ1) is 14.8. The monoisotopic (exact) mass is 323 g/mol. The predicted octanol–water partition coefficient (Wildman–Crippen LogP) is 0.892. The second kappa shape index (κ2) is 5.69. The average molecular weight is 323 g/mol. The molecule has 6 heteroatoms. The number of carbonyl (C=O) groups excluding carboxylic acids is 2. The average Bonchev–Trinajstić information content (AvgIpc) is 3.26. The van der Waals surface area contributed by atoms with Crippen LogP contribution in [0.4, 0.5) is 0 Å². The molecule has 6 nitrogen and oxygen atoms in total. The van der Waals surface area contributed by atoms with Gasteiger partial charge in [0.1, 0.15) is 5.58 Å². The molecule has 4 rings (SSSR count). The zero-order valence-corrected chi connectivity index (χ0v) is 13.0. The molecule has 0 saturated carbocycles. The van der Waals surface area contributed by atoms with E-state index in [-0.39, 0.29) is 11.9 Å². The van der Waals surface area contributed by atoms with Crippen LogP contribution in [-0.2, 0) is 4.79 Å². The molecule has 2 aliphatic rings. The molecule has 0 unspecified atom stereocenters. The van der Waals surface area contributed by atoms with E-state index in [2.05, 4.69) is 22.5 Å². The van der Waals surface area contributed by atoms with Crippen molar-refractivity contribution in [2.75, 3.05) is 0 Å². The molecule has 0 radical (unpaired) electrons. The first-order chi connectivity index (χ1) is 11.6. The topological polar surface area (TPSA) is 97.4 Å². The number of benzene rings is 1. The normalized spacial score (nSPS) is 24.6. The molecule has 2 amide bonds. The van der Waals surface area contributed by atoms with Gasteiger partial charge in [-0.05, 0) is 43.4 Å². The summed E-state index contributed by atoms with van der Waals surface area (Å²) in [6.45, 7) is 0. The van der Waals surface area contributed by atoms with Crippen molar-refractivity contribution in [3.8, 4) is 11.8 Å². The van der Waals surface area contributed by atoms with Gasteiger partial charge < -0.3 is 20.8 Å². The molecule has 1 aromatic carbocycles. The summed E-state index contributed by atoms with van der Waals surface area (Å²) in [4.78, 5) is 23.2. The highest BCUT2D eigenvalue weighted by molar-refractivity contribution is 5.98. The first-order valence-corrected chi connectivity index (χ1v) is 8.00. The van der Waals surface area contributed by atoms with E-state index in [4.69, 9.17) is 10.2 Å². The van der Waals surface area contributed by atoms with Crippen molar-refractivity contribution in [3.05, 3.63) is 35.6 Å². The van der Waals surface area contributed by atoms with Gasteiger partial charge in [0.15, 0.2) is 5.76 Å². The molecule has 2 saturated heterocycles. The van der Waals surface area contributed by atoms with Gasteiger partial charge in [-0.1, -0.05) is 0 Å². The van der Waals surface area contributed by atoms with E-state index in [0.717, 1.165) is 18.2 Å². The molecule has 2 aliphatic heterocycles. The second-order valence-corrected chi connectivity index (χ2v) is 6.34. The largest absolute Gasteiger partial charge is 0.448 e. The van der Waals surface area contributed by atoms with Gasteiger partial charge in [-0.25, -0.2) is 0 Å². The summed E-state index contributed by atoms with van der Waals surface area (Å²) in [5.41, 5.74) is 6.19. The van der Waals surface area contributed by atoms with Gasteiger partial charge in [0, 0.05) is 41.1 Å². The lowest BCUT2D eigenvalue weighted by atomic mass is 9.95. The Kier molecular flexibility index (Phi) is 3.51. The van der Waals surface area contributed by atoms with E-state index in [0.29, 0.717) is 29.0 Å². The molecule has 3 atom stereocenters. The van der Waals surface area contributed by atoms with Crippen LogP contribution in [0, 0.1) is 11.8 Å². The van der Waals surface area contributed by atoms with E-state index < -0.39 is 5.91 Å². The van der Waals surface area contributed by atoms with Crippen LogP contribution >= 0.6 is 0 Å². The number of primary amides is 1. The minimum absolute atomic E-state index is 0.0813. The minimum Gasteiger partial charge on any atom is -0.448 e. The lowest BCUT2D eigenvalue weighted by Crippen LogP contribution is -2.42. The molecule has 3 heterocycles. The standard InChI is InChI=1S/C18H17N3O3/c19-17(22)6-3-13-8-11-7-10(1-5-16(11)24-13)18(23)21-15-9-12-2-4-14(15)20-12/h1,5,7-8,12,14-15,20H,2,4,9H2,(H2,19,22)(H,21,23)/t12-,14+,15-/m1/s1. The number of nitrogens with one attached hydrogen (secondary N) is 2. The summed E-state index contributed by atoms with van der Waals surface area (Å²) in [5, 5.41) is 7.39. The van der Waals surface area contributed by atoms with Gasteiger partial charge in [-0.15, -0.1) is 0 Å². The highest BCUT2D eigenvalue weighted by Gasteiger charge is 2.39. The van der Waals surface area contributed by atoms with Gasteiger partial charge in [0.05, 0.1) is 0 Å². The smallest absolute Gasteiger partial charge is 0.293 e. The van der Waals surface area contributed by atoms with Crippen LogP contribution in [0.3, 0.4) is 0 Å². The second-order valence-electron chi connectivity index (χ2n) is 6.34. The Hall–Kier alpha value is -2.78. The Bertz CT molecular complexity index is 890. The van der Waals surface area contributed by atoms with Crippen molar-refractivity contribution >= 4 is 22.8 Å². The maximum absolute atomic E-state index is 12.5. The molecule has 24 heavy (non-hydrogen) atoms. The lowest BCUT2D eigenvalue weighted by molar-refractivity contribution is -0.112. The number of hydrogen-bond acceptors (Lipinski definition) is 4. The predicted molar refractivity (Wildman–Crippen MR) is 88.1 cm³/mol. The van der Waals surface area contributed by atoms with Crippen LogP contribution in [0.1, 0.15) is 35.4 Å². The Balaban J connectivity index is 1.53. The molecule has 0 aliphatic carbocycles. The number of rotatable bonds is 2. The summed E-state index contributed by atoms with van der Waals surface area (Å²) in [7, 11) is 0. The number of carbonyl (C=O) groups is 2. The number of amides is 2. The highest BCUT2D eigenvalue weighted by Crippen LogP contribution is 2.28. The SMILES string of the molecule is NC(=O)C#Cc1cc2cc(C(=O)N[C@@H]3C[C@H]4CC[C@@H]3N4)ccc2o1. The van der Waals surface area contributed by atoms with Crippen molar-refractivity contribution in [1.29, 1.82) is 0 Å². The summed E-state index contributed by atoms with van der Waals surface area (Å²) < 4.78 is 5.50. The van der Waals surface area contributed by atoms with Crippen molar-refractivity contribution in [2.24, 2.45) is 5.73 Å². The van der Waals surface area contributed by atoms with Crippen molar-refractivity contribution < 1.29 is 14.0 Å². The van der Waals surface area contributed by atoms with E-state index >= 15 is 0 Å². The molecular weight excluding hydrogens is 306 g/mol. The van der Waals surface area contributed by atoms with Gasteiger partial charge >= 0.3 is 0 Å². The number of fused-ring (bicyclic) bond motifs is 3. The maximum Gasteiger partial charge on any atom is 0.293 e. The van der Waals surface area contributed by atoms with Crippen LogP contribution in [0.15, 0.2) is 28.7 Å². The first-order valence-electron chi connectivity index (χ1n) is 8.00. The maximum atomic E-state index is 12.5. The van der Waals surface area contributed by atoms with Crippen molar-refractivity contribution in [2.45, 2.75) is 37.4 Å².